The fraction of sp³-hybridized carbons (Fsp3) is 0.679. The van der Waals surface area contributed by atoms with Crippen molar-refractivity contribution in [3.05, 3.63) is 35.9 Å². The highest BCUT2D eigenvalue weighted by Gasteiger charge is 2.46. The van der Waals surface area contributed by atoms with Crippen molar-refractivity contribution in [1.82, 2.24) is 5.32 Å². The first-order chi connectivity index (χ1) is 16.7. The van der Waals surface area contributed by atoms with E-state index >= 15 is 0 Å². The van der Waals surface area contributed by atoms with E-state index in [0.717, 1.165) is 5.56 Å². The van der Waals surface area contributed by atoms with Gasteiger partial charge in [0.2, 0.25) is 0 Å². The minimum atomic E-state index is -2.36. The van der Waals surface area contributed by atoms with Crippen LogP contribution in [-0.2, 0) is 25.2 Å². The third-order valence-electron chi connectivity index (χ3n) is 7.08. The predicted molar refractivity (Wildman–Crippen MR) is 149 cm³/mol. The normalized spacial score (nSPS) is 16.0. The number of carboxylic acid groups (broad SMARTS) is 1. The van der Waals surface area contributed by atoms with Crippen LogP contribution >= 0.6 is 0 Å². The summed E-state index contributed by atoms with van der Waals surface area (Å²) in [6.45, 7) is 19.2. The summed E-state index contributed by atoms with van der Waals surface area (Å²) in [6, 6.07) is 9.17. The van der Waals surface area contributed by atoms with Crippen LogP contribution in [0.3, 0.4) is 0 Å². The molecule has 1 amide bonds. The van der Waals surface area contributed by atoms with Crippen molar-refractivity contribution in [3.63, 3.8) is 0 Å². The summed E-state index contributed by atoms with van der Waals surface area (Å²) in [5, 5.41) is 12.6. The molecule has 0 heterocycles. The standard InChI is InChI=1S/C28H48N2O6Si/c1-19(2)28(29,24(32)33)23(31)17-16-22(36-37(9,10)27(6,7)8)21(18-20-14-12-11-13-15-20)30-25(34)35-26(3,4)5/h11-15,19,21-22H,16-18,29H2,1-10H3,(H,30,34)(H,32,33)/t21?,22?,28-/m0/s1. The van der Waals surface area contributed by atoms with Crippen LogP contribution in [0.4, 0.5) is 4.79 Å². The summed E-state index contributed by atoms with van der Waals surface area (Å²) in [6.07, 6.45) is -0.587. The van der Waals surface area contributed by atoms with Gasteiger partial charge in [-0.1, -0.05) is 65.0 Å². The predicted octanol–water partition coefficient (Wildman–Crippen LogP) is 5.30. The Kier molecular flexibility index (Phi) is 11.1. The number of ketones is 1. The molecule has 0 aromatic heterocycles. The number of rotatable bonds is 12. The molecule has 0 saturated carbocycles. The van der Waals surface area contributed by atoms with Crippen molar-refractivity contribution in [1.29, 1.82) is 0 Å². The first-order valence-electron chi connectivity index (χ1n) is 13.0. The molecule has 37 heavy (non-hydrogen) atoms. The average molecular weight is 537 g/mol. The van der Waals surface area contributed by atoms with Gasteiger partial charge >= 0.3 is 12.1 Å². The monoisotopic (exact) mass is 536 g/mol. The van der Waals surface area contributed by atoms with Gasteiger partial charge in [0.1, 0.15) is 5.60 Å². The van der Waals surface area contributed by atoms with Gasteiger partial charge in [0.25, 0.3) is 0 Å². The lowest BCUT2D eigenvalue weighted by Gasteiger charge is -2.42. The number of nitrogens with two attached hydrogens (primary N) is 1. The summed E-state index contributed by atoms with van der Waals surface area (Å²) < 4.78 is 12.3. The molecule has 0 aliphatic heterocycles. The van der Waals surface area contributed by atoms with Gasteiger partial charge in [-0.05, 0) is 63.2 Å². The molecule has 2 unspecified atom stereocenters. The van der Waals surface area contributed by atoms with E-state index in [4.69, 9.17) is 14.9 Å². The molecule has 0 spiro atoms. The highest BCUT2D eigenvalue weighted by Crippen LogP contribution is 2.38. The van der Waals surface area contributed by atoms with Crippen molar-refractivity contribution in [2.45, 2.75) is 116 Å². The Balaban J connectivity index is 3.41. The molecule has 4 N–H and O–H groups in total. The van der Waals surface area contributed by atoms with Crippen LogP contribution in [0, 0.1) is 5.92 Å². The lowest BCUT2D eigenvalue weighted by Crippen LogP contribution is -2.59. The lowest BCUT2D eigenvalue weighted by molar-refractivity contribution is -0.150. The Morgan fingerprint density at radius 3 is 2.00 bits per heavy atom. The topological polar surface area (TPSA) is 128 Å². The molecule has 9 heteroatoms. The maximum Gasteiger partial charge on any atom is 0.407 e. The van der Waals surface area contributed by atoms with Gasteiger partial charge in [-0.3, -0.25) is 4.79 Å². The number of alkyl carbamates (subject to hydrolysis) is 1. The minimum Gasteiger partial charge on any atom is -0.480 e. The molecular formula is C28H48N2O6Si. The molecule has 0 bridgehead atoms. The van der Waals surface area contributed by atoms with Gasteiger partial charge < -0.3 is 25.3 Å². The van der Waals surface area contributed by atoms with Crippen molar-refractivity contribution in [2.24, 2.45) is 11.7 Å². The number of benzene rings is 1. The highest BCUT2D eigenvalue weighted by atomic mass is 28.4. The number of ether oxygens (including phenoxy) is 1. The van der Waals surface area contributed by atoms with Gasteiger partial charge in [-0.25, -0.2) is 9.59 Å². The number of carbonyl (C=O) groups excluding carboxylic acids is 2. The average Bonchev–Trinajstić information content (AvgIpc) is 2.73. The van der Waals surface area contributed by atoms with E-state index in [1.54, 1.807) is 34.6 Å². The van der Waals surface area contributed by atoms with E-state index in [1.807, 2.05) is 30.3 Å². The van der Waals surface area contributed by atoms with Crippen LogP contribution in [-0.4, -0.2) is 54.6 Å². The number of amides is 1. The number of aliphatic carboxylic acids is 1. The summed E-state index contributed by atoms with van der Waals surface area (Å²) in [5.41, 5.74) is 4.39. The number of hydrogen-bond donors (Lipinski definition) is 3. The second-order valence-electron chi connectivity index (χ2n) is 12.6. The molecule has 0 aliphatic carbocycles. The molecule has 0 radical (unpaired) electrons. The van der Waals surface area contributed by atoms with Crippen molar-refractivity contribution in [3.8, 4) is 0 Å². The molecular weight excluding hydrogens is 488 g/mol. The molecule has 1 rings (SSSR count). The van der Waals surface area contributed by atoms with Gasteiger partial charge in [0.05, 0.1) is 12.1 Å². The van der Waals surface area contributed by atoms with Crippen LogP contribution in [0.15, 0.2) is 30.3 Å². The first kappa shape index (κ1) is 32.8. The van der Waals surface area contributed by atoms with Crippen LogP contribution in [0.5, 0.6) is 0 Å². The Labute approximate surface area is 223 Å². The second-order valence-corrected chi connectivity index (χ2v) is 17.4. The van der Waals surface area contributed by atoms with Crippen LogP contribution in [0.1, 0.15) is 73.8 Å². The van der Waals surface area contributed by atoms with Crippen molar-refractivity contribution < 1.29 is 28.7 Å². The SMILES string of the molecule is CC(C)[C@@](N)(C(=O)O)C(=O)CCC(O[Si](C)(C)C(C)(C)C)C(Cc1ccccc1)NC(=O)OC(C)(C)C. The van der Waals surface area contributed by atoms with E-state index in [1.165, 1.54) is 0 Å². The zero-order valence-corrected chi connectivity index (χ0v) is 25.3. The molecule has 1 aromatic carbocycles. The van der Waals surface area contributed by atoms with Gasteiger partial charge in [0.15, 0.2) is 19.6 Å². The van der Waals surface area contributed by atoms with E-state index in [-0.39, 0.29) is 17.9 Å². The van der Waals surface area contributed by atoms with Crippen LogP contribution in [0.25, 0.3) is 0 Å². The Morgan fingerprint density at radius 2 is 1.57 bits per heavy atom. The van der Waals surface area contributed by atoms with Gasteiger partial charge in [-0.2, -0.15) is 0 Å². The Hall–Kier alpha value is -2.23. The minimum absolute atomic E-state index is 0.0957. The largest absolute Gasteiger partial charge is 0.480 e. The summed E-state index contributed by atoms with van der Waals surface area (Å²) in [5.74, 6) is -2.49. The number of hydrogen-bond acceptors (Lipinski definition) is 6. The molecule has 0 aliphatic rings. The molecule has 0 fully saturated rings. The van der Waals surface area contributed by atoms with Crippen LogP contribution < -0.4 is 11.1 Å². The maximum absolute atomic E-state index is 13.1. The van der Waals surface area contributed by atoms with E-state index in [9.17, 15) is 19.5 Å². The zero-order chi connectivity index (χ0) is 28.8. The molecule has 8 nitrogen and oxygen atoms in total. The first-order valence-corrected chi connectivity index (χ1v) is 15.9. The van der Waals surface area contributed by atoms with Gasteiger partial charge in [0, 0.05) is 6.42 Å². The lowest BCUT2D eigenvalue weighted by atomic mass is 9.81. The highest BCUT2D eigenvalue weighted by molar-refractivity contribution is 6.74. The fourth-order valence-electron chi connectivity index (χ4n) is 3.67. The smallest absolute Gasteiger partial charge is 0.407 e. The Morgan fingerprint density at radius 1 is 1.03 bits per heavy atom. The number of carboxylic acids is 1. The molecule has 210 valence electrons. The van der Waals surface area contributed by atoms with E-state index in [2.05, 4.69) is 39.2 Å². The second kappa shape index (κ2) is 12.5. The zero-order valence-electron chi connectivity index (χ0n) is 24.3. The fourth-order valence-corrected chi connectivity index (χ4v) is 5.06. The number of Topliss-reactive ketones (excluding diaryl/α,β-unsaturated/α-hetero) is 1. The van der Waals surface area contributed by atoms with E-state index < -0.39 is 55.4 Å². The van der Waals surface area contributed by atoms with E-state index in [0.29, 0.717) is 6.42 Å². The number of nitrogens with one attached hydrogen (secondary N) is 1. The Bertz CT molecular complexity index is 921. The molecule has 1 aromatic rings. The maximum atomic E-state index is 13.1. The van der Waals surface area contributed by atoms with Crippen molar-refractivity contribution >= 4 is 26.2 Å². The molecule has 3 atom stereocenters. The summed E-state index contributed by atoms with van der Waals surface area (Å²) >= 11 is 0. The summed E-state index contributed by atoms with van der Waals surface area (Å²) in [7, 11) is -2.36. The third kappa shape index (κ3) is 9.54. The van der Waals surface area contributed by atoms with Gasteiger partial charge in [-0.15, -0.1) is 0 Å². The molecule has 0 saturated heterocycles. The van der Waals surface area contributed by atoms with Crippen molar-refractivity contribution in [2.75, 3.05) is 0 Å². The van der Waals surface area contributed by atoms with Crippen LogP contribution in [0.2, 0.25) is 18.1 Å². The quantitative estimate of drug-likeness (QED) is 0.244. The third-order valence-corrected chi connectivity index (χ3v) is 11.6. The number of carbonyl (C=O) groups is 3. The summed E-state index contributed by atoms with van der Waals surface area (Å²) in [4.78, 5) is 37.9.